The van der Waals surface area contributed by atoms with E-state index in [9.17, 15) is 4.79 Å². The number of hydrogen-bond acceptors (Lipinski definition) is 2. The van der Waals surface area contributed by atoms with Crippen molar-refractivity contribution in [2.75, 3.05) is 32.7 Å². The molecule has 3 nitrogen and oxygen atoms in total. The zero-order chi connectivity index (χ0) is 13.5. The van der Waals surface area contributed by atoms with Crippen molar-refractivity contribution in [3.8, 4) is 0 Å². The number of hydrogen-bond donors (Lipinski definition) is 0. The van der Waals surface area contributed by atoms with Crippen LogP contribution in [0.4, 0.5) is 0 Å². The summed E-state index contributed by atoms with van der Waals surface area (Å²) < 4.78 is 6.90. The molecule has 0 aliphatic carbocycles. The number of likely N-dealkylation sites (N-methyl/N-ethyl adjacent to an activating group) is 1. The van der Waals surface area contributed by atoms with Crippen LogP contribution in [0.2, 0.25) is 0 Å². The van der Waals surface area contributed by atoms with Gasteiger partial charge < -0.3 is 9.64 Å². The minimum atomic E-state index is -0.0438. The molecule has 0 bridgehead atoms. The number of carbonyl (C=O) groups excluding carboxylic acids is 1. The number of amides is 1. The molecule has 18 heavy (non-hydrogen) atoms. The molecule has 0 aromatic heterocycles. The summed E-state index contributed by atoms with van der Waals surface area (Å²) in [4.78, 5) is 13.8. The lowest BCUT2D eigenvalue weighted by molar-refractivity contribution is 0.0711. The summed E-state index contributed by atoms with van der Waals surface area (Å²) in [6.45, 7) is 1.53. The van der Waals surface area contributed by atoms with Crippen molar-refractivity contribution in [2.24, 2.45) is 0 Å². The van der Waals surface area contributed by atoms with Crippen LogP contribution in [0, 0.1) is 0 Å². The van der Waals surface area contributed by atoms with E-state index in [0.29, 0.717) is 31.2 Å². The lowest BCUT2D eigenvalue weighted by atomic mass is 10.2. The summed E-state index contributed by atoms with van der Waals surface area (Å²) in [6.07, 6.45) is 0. The van der Waals surface area contributed by atoms with Gasteiger partial charge in [-0.1, -0.05) is 15.9 Å². The Morgan fingerprint density at radius 3 is 2.78 bits per heavy atom. The fraction of sp³-hybridized carbons (Fsp3) is 0.417. The molecular formula is C12H14Br2ClNO2. The van der Waals surface area contributed by atoms with Crippen LogP contribution in [0.1, 0.15) is 10.4 Å². The van der Waals surface area contributed by atoms with Crippen LogP contribution in [0.25, 0.3) is 0 Å². The zero-order valence-corrected chi connectivity index (χ0v) is 13.9. The van der Waals surface area contributed by atoms with Gasteiger partial charge in [-0.25, -0.2) is 0 Å². The lowest BCUT2D eigenvalue weighted by Crippen LogP contribution is -2.30. The average Bonchev–Trinajstić information content (AvgIpc) is 2.36. The molecule has 1 aromatic rings. The quantitative estimate of drug-likeness (QED) is 0.541. The number of benzene rings is 1. The van der Waals surface area contributed by atoms with Gasteiger partial charge in [-0.15, -0.1) is 11.6 Å². The van der Waals surface area contributed by atoms with Gasteiger partial charge in [0.05, 0.1) is 18.8 Å². The average molecular weight is 400 g/mol. The van der Waals surface area contributed by atoms with E-state index in [0.717, 1.165) is 8.95 Å². The topological polar surface area (TPSA) is 29.5 Å². The van der Waals surface area contributed by atoms with Gasteiger partial charge in [0.1, 0.15) is 0 Å². The lowest BCUT2D eigenvalue weighted by Gasteiger charge is -2.18. The van der Waals surface area contributed by atoms with Gasteiger partial charge in [0.2, 0.25) is 0 Å². The van der Waals surface area contributed by atoms with Gasteiger partial charge in [-0.05, 0) is 34.1 Å². The van der Waals surface area contributed by atoms with Crippen molar-refractivity contribution in [1.29, 1.82) is 0 Å². The van der Waals surface area contributed by atoms with Crippen LogP contribution in [0.5, 0.6) is 0 Å². The molecule has 1 rings (SSSR count). The van der Waals surface area contributed by atoms with E-state index in [1.54, 1.807) is 18.0 Å². The first-order chi connectivity index (χ1) is 8.56. The number of rotatable bonds is 6. The highest BCUT2D eigenvalue weighted by Crippen LogP contribution is 2.22. The molecule has 0 aliphatic rings. The summed E-state index contributed by atoms with van der Waals surface area (Å²) in [6, 6.07) is 5.52. The third-order valence-electron chi connectivity index (χ3n) is 2.30. The molecule has 0 heterocycles. The predicted octanol–water partition coefficient (Wildman–Crippen LogP) is 3.54. The molecule has 0 aliphatic heterocycles. The second-order valence-electron chi connectivity index (χ2n) is 3.65. The van der Waals surface area contributed by atoms with E-state index in [4.69, 9.17) is 16.3 Å². The first-order valence-electron chi connectivity index (χ1n) is 5.40. The highest BCUT2D eigenvalue weighted by Gasteiger charge is 2.14. The van der Waals surface area contributed by atoms with Crippen LogP contribution in [0.15, 0.2) is 27.1 Å². The minimum absolute atomic E-state index is 0.0438. The van der Waals surface area contributed by atoms with E-state index in [2.05, 4.69) is 31.9 Å². The van der Waals surface area contributed by atoms with Crippen LogP contribution in [0.3, 0.4) is 0 Å². The fourth-order valence-electron chi connectivity index (χ4n) is 1.33. The molecule has 0 spiro atoms. The highest BCUT2D eigenvalue weighted by atomic mass is 79.9. The van der Waals surface area contributed by atoms with E-state index in [1.807, 2.05) is 12.1 Å². The Kier molecular flexibility index (Phi) is 7.22. The second kappa shape index (κ2) is 8.15. The first kappa shape index (κ1) is 16.0. The summed E-state index contributed by atoms with van der Waals surface area (Å²) in [5, 5.41) is 0. The van der Waals surface area contributed by atoms with Gasteiger partial charge in [-0.2, -0.15) is 0 Å². The van der Waals surface area contributed by atoms with Crippen LogP contribution < -0.4 is 0 Å². The summed E-state index contributed by atoms with van der Waals surface area (Å²) in [5.74, 6) is 0.423. The van der Waals surface area contributed by atoms with Gasteiger partial charge in [0, 0.05) is 28.4 Å². The maximum absolute atomic E-state index is 12.2. The molecule has 0 saturated carbocycles. The Balaban J connectivity index is 2.60. The molecule has 1 amide bonds. The molecule has 0 saturated heterocycles. The van der Waals surface area contributed by atoms with E-state index in [-0.39, 0.29) is 5.91 Å². The normalized spacial score (nSPS) is 10.4. The van der Waals surface area contributed by atoms with Crippen molar-refractivity contribution in [1.82, 2.24) is 4.90 Å². The number of alkyl halides is 1. The number of carbonyl (C=O) groups is 1. The summed E-state index contributed by atoms with van der Waals surface area (Å²) in [7, 11) is 1.75. The van der Waals surface area contributed by atoms with Gasteiger partial charge in [0.15, 0.2) is 0 Å². The molecule has 6 heteroatoms. The molecular weight excluding hydrogens is 385 g/mol. The zero-order valence-electron chi connectivity index (χ0n) is 9.96. The Bertz CT molecular complexity index is 415. The van der Waals surface area contributed by atoms with Gasteiger partial charge in [-0.3, -0.25) is 4.79 Å². The monoisotopic (exact) mass is 397 g/mol. The summed E-state index contributed by atoms with van der Waals surface area (Å²) >= 11 is 12.2. The van der Waals surface area contributed by atoms with E-state index < -0.39 is 0 Å². The maximum atomic E-state index is 12.2. The Morgan fingerprint density at radius 2 is 2.11 bits per heavy atom. The highest BCUT2D eigenvalue weighted by molar-refractivity contribution is 9.11. The first-order valence-corrected chi connectivity index (χ1v) is 7.52. The number of ether oxygens (including phenoxy) is 1. The van der Waals surface area contributed by atoms with Crippen molar-refractivity contribution >= 4 is 49.4 Å². The smallest absolute Gasteiger partial charge is 0.254 e. The van der Waals surface area contributed by atoms with Gasteiger partial charge in [0.25, 0.3) is 5.91 Å². The standard InChI is InChI=1S/C12H14Br2ClNO2/c1-16(5-7-18-6-4-15)12(17)10-8-9(13)2-3-11(10)14/h2-3,8H,4-7H2,1H3. The van der Waals surface area contributed by atoms with Crippen molar-refractivity contribution in [3.05, 3.63) is 32.7 Å². The SMILES string of the molecule is CN(CCOCCCl)C(=O)c1cc(Br)ccc1Br. The Labute approximate surface area is 129 Å². The molecule has 0 unspecified atom stereocenters. The molecule has 0 N–H and O–H groups in total. The van der Waals surface area contributed by atoms with Crippen LogP contribution in [-0.4, -0.2) is 43.5 Å². The maximum Gasteiger partial charge on any atom is 0.254 e. The van der Waals surface area contributed by atoms with E-state index in [1.165, 1.54) is 0 Å². The number of halogens is 3. The third-order valence-corrected chi connectivity index (χ3v) is 3.64. The molecule has 0 radical (unpaired) electrons. The van der Waals surface area contributed by atoms with Crippen molar-refractivity contribution in [3.63, 3.8) is 0 Å². The van der Waals surface area contributed by atoms with Gasteiger partial charge >= 0.3 is 0 Å². The predicted molar refractivity (Wildman–Crippen MR) is 80.3 cm³/mol. The Morgan fingerprint density at radius 1 is 1.39 bits per heavy atom. The molecule has 100 valence electrons. The third kappa shape index (κ3) is 4.88. The van der Waals surface area contributed by atoms with Crippen molar-refractivity contribution in [2.45, 2.75) is 0 Å². The van der Waals surface area contributed by atoms with Crippen LogP contribution >= 0.6 is 43.5 Å². The summed E-state index contributed by atoms with van der Waals surface area (Å²) in [5.41, 5.74) is 0.629. The Hall–Kier alpha value is -0.100. The molecule has 1 aromatic carbocycles. The fourth-order valence-corrected chi connectivity index (χ4v) is 2.21. The number of nitrogens with zero attached hydrogens (tertiary/aromatic N) is 1. The van der Waals surface area contributed by atoms with E-state index >= 15 is 0 Å². The molecule has 0 atom stereocenters. The largest absolute Gasteiger partial charge is 0.378 e. The van der Waals surface area contributed by atoms with Crippen LogP contribution in [-0.2, 0) is 4.74 Å². The molecule has 0 fully saturated rings. The van der Waals surface area contributed by atoms with Crippen molar-refractivity contribution < 1.29 is 9.53 Å². The second-order valence-corrected chi connectivity index (χ2v) is 5.80. The minimum Gasteiger partial charge on any atom is -0.378 e.